The van der Waals surface area contributed by atoms with E-state index in [1.807, 2.05) is 65.3 Å². The molecule has 4 heterocycles. The number of hydrogen-bond donors (Lipinski definition) is 0. The van der Waals surface area contributed by atoms with Crippen molar-refractivity contribution < 1.29 is 4.79 Å². The molecular formula is C23H19N5O. The zero-order valence-corrected chi connectivity index (χ0v) is 15.9. The molecule has 0 N–H and O–H groups in total. The van der Waals surface area contributed by atoms with Gasteiger partial charge in [0.2, 0.25) is 0 Å². The van der Waals surface area contributed by atoms with E-state index in [1.165, 1.54) is 0 Å². The van der Waals surface area contributed by atoms with E-state index in [1.54, 1.807) is 12.4 Å². The summed E-state index contributed by atoms with van der Waals surface area (Å²) in [7, 11) is 1.91. The summed E-state index contributed by atoms with van der Waals surface area (Å²) in [6.07, 6.45) is 6.50. The van der Waals surface area contributed by atoms with Crippen molar-refractivity contribution in [2.45, 2.75) is 18.4 Å². The van der Waals surface area contributed by atoms with E-state index in [0.29, 0.717) is 11.8 Å². The SMILES string of the molecule is CN1C(=O)c2cccc(-n3cccn3)c2C1[C@@H]1C[C@H]1c1ccc2ncccc2n1. The Kier molecular flexibility index (Phi) is 3.38. The summed E-state index contributed by atoms with van der Waals surface area (Å²) in [5, 5.41) is 4.41. The summed E-state index contributed by atoms with van der Waals surface area (Å²) < 4.78 is 1.86. The van der Waals surface area contributed by atoms with Crippen LogP contribution in [0.1, 0.15) is 40.0 Å². The number of benzene rings is 1. The summed E-state index contributed by atoms with van der Waals surface area (Å²) >= 11 is 0. The van der Waals surface area contributed by atoms with Gasteiger partial charge in [0.1, 0.15) is 0 Å². The fourth-order valence-electron chi connectivity index (χ4n) is 4.76. The van der Waals surface area contributed by atoms with Crippen molar-refractivity contribution in [3.05, 3.63) is 83.9 Å². The Morgan fingerprint density at radius 1 is 1.00 bits per heavy atom. The van der Waals surface area contributed by atoms with Crippen LogP contribution in [0.5, 0.6) is 0 Å². The molecule has 6 nitrogen and oxygen atoms in total. The molecular weight excluding hydrogens is 362 g/mol. The predicted molar refractivity (Wildman–Crippen MR) is 109 cm³/mol. The van der Waals surface area contributed by atoms with Gasteiger partial charge < -0.3 is 4.90 Å². The van der Waals surface area contributed by atoms with Crippen LogP contribution in [0.2, 0.25) is 0 Å². The molecule has 1 amide bonds. The highest BCUT2D eigenvalue weighted by molar-refractivity contribution is 6.00. The lowest BCUT2D eigenvalue weighted by Crippen LogP contribution is -2.25. The molecule has 4 aromatic rings. The molecule has 2 aliphatic rings. The van der Waals surface area contributed by atoms with Crippen LogP contribution < -0.4 is 0 Å². The van der Waals surface area contributed by atoms with Gasteiger partial charge in [-0.1, -0.05) is 6.07 Å². The molecule has 6 heteroatoms. The highest BCUT2D eigenvalue weighted by atomic mass is 16.2. The molecule has 1 fully saturated rings. The predicted octanol–water partition coefficient (Wildman–Crippen LogP) is 3.75. The summed E-state index contributed by atoms with van der Waals surface area (Å²) in [6, 6.07) is 15.9. The van der Waals surface area contributed by atoms with Gasteiger partial charge in [-0.3, -0.25) is 14.8 Å². The quantitative estimate of drug-likeness (QED) is 0.542. The van der Waals surface area contributed by atoms with Crippen LogP contribution in [0, 0.1) is 5.92 Å². The normalized spacial score (nSPS) is 22.9. The van der Waals surface area contributed by atoms with E-state index in [-0.39, 0.29) is 11.9 Å². The number of amides is 1. The Morgan fingerprint density at radius 2 is 1.93 bits per heavy atom. The highest BCUT2D eigenvalue weighted by Gasteiger charge is 2.52. The van der Waals surface area contributed by atoms with Gasteiger partial charge >= 0.3 is 0 Å². The number of aromatic nitrogens is 4. The lowest BCUT2D eigenvalue weighted by molar-refractivity contribution is 0.0758. The number of carbonyl (C=O) groups is 1. The molecule has 3 aromatic heterocycles. The zero-order chi connectivity index (χ0) is 19.5. The van der Waals surface area contributed by atoms with Crippen LogP contribution in [0.3, 0.4) is 0 Å². The third-order valence-electron chi connectivity index (χ3n) is 6.20. The van der Waals surface area contributed by atoms with Crippen LogP contribution in [0.15, 0.2) is 67.1 Å². The number of fused-ring (bicyclic) bond motifs is 2. The molecule has 1 aliphatic carbocycles. The third kappa shape index (κ3) is 2.42. The smallest absolute Gasteiger partial charge is 0.254 e. The minimum atomic E-state index is 0.0364. The van der Waals surface area contributed by atoms with Crippen molar-refractivity contribution in [1.29, 1.82) is 0 Å². The zero-order valence-electron chi connectivity index (χ0n) is 15.9. The van der Waals surface area contributed by atoms with E-state index in [2.05, 4.69) is 16.1 Å². The second-order valence-electron chi connectivity index (χ2n) is 7.83. The standard InChI is InChI=1S/C23H19N5O/c1-27-22(16-13-15(16)17-8-9-18-19(26-17)6-3-10-24-18)21-14(23(27)29)5-2-7-20(21)28-12-4-11-25-28/h2-12,15-16,22H,13H2,1H3/t15-,16-,22?/m1/s1. The molecule has 3 atom stereocenters. The molecule has 0 spiro atoms. The Labute approximate surface area is 167 Å². The van der Waals surface area contributed by atoms with Gasteiger partial charge in [0, 0.05) is 48.4 Å². The maximum Gasteiger partial charge on any atom is 0.254 e. The molecule has 0 radical (unpaired) electrons. The van der Waals surface area contributed by atoms with Gasteiger partial charge in [0.05, 0.1) is 22.8 Å². The van der Waals surface area contributed by atoms with Gasteiger partial charge in [0.25, 0.3) is 5.91 Å². The van der Waals surface area contributed by atoms with Gasteiger partial charge in [-0.25, -0.2) is 4.68 Å². The van der Waals surface area contributed by atoms with Gasteiger partial charge in [-0.2, -0.15) is 5.10 Å². The van der Waals surface area contributed by atoms with Crippen molar-refractivity contribution >= 4 is 16.9 Å². The third-order valence-corrected chi connectivity index (χ3v) is 6.20. The lowest BCUT2D eigenvalue weighted by atomic mass is 9.97. The molecule has 6 rings (SSSR count). The molecule has 1 aliphatic heterocycles. The van der Waals surface area contributed by atoms with Crippen molar-refractivity contribution in [3.63, 3.8) is 0 Å². The number of carbonyl (C=O) groups excluding carboxylic acids is 1. The van der Waals surface area contributed by atoms with Crippen LogP contribution >= 0.6 is 0 Å². The van der Waals surface area contributed by atoms with E-state index >= 15 is 0 Å². The van der Waals surface area contributed by atoms with Gasteiger partial charge in [0.15, 0.2) is 0 Å². The minimum absolute atomic E-state index is 0.0364. The van der Waals surface area contributed by atoms with Crippen LogP contribution in [0.4, 0.5) is 0 Å². The number of hydrogen-bond acceptors (Lipinski definition) is 4. The fraction of sp³-hybridized carbons (Fsp3) is 0.217. The monoisotopic (exact) mass is 381 g/mol. The van der Waals surface area contributed by atoms with Crippen LogP contribution in [-0.2, 0) is 0 Å². The maximum absolute atomic E-state index is 13.0. The first-order chi connectivity index (χ1) is 14.2. The molecule has 1 saturated carbocycles. The van der Waals surface area contributed by atoms with E-state index in [9.17, 15) is 4.79 Å². The Balaban J connectivity index is 1.41. The van der Waals surface area contributed by atoms with E-state index in [4.69, 9.17) is 4.98 Å². The minimum Gasteiger partial charge on any atom is -0.334 e. The molecule has 142 valence electrons. The van der Waals surface area contributed by atoms with Crippen molar-refractivity contribution in [1.82, 2.24) is 24.6 Å². The van der Waals surface area contributed by atoms with E-state index < -0.39 is 0 Å². The average Bonchev–Trinajstić information content (AvgIpc) is 3.24. The number of nitrogens with zero attached hydrogens (tertiary/aromatic N) is 5. The first-order valence-electron chi connectivity index (χ1n) is 9.84. The van der Waals surface area contributed by atoms with Crippen molar-refractivity contribution in [2.24, 2.45) is 5.92 Å². The summed E-state index contributed by atoms with van der Waals surface area (Å²) in [5.74, 6) is 0.778. The van der Waals surface area contributed by atoms with Crippen molar-refractivity contribution in [3.8, 4) is 5.69 Å². The fourth-order valence-corrected chi connectivity index (χ4v) is 4.76. The largest absolute Gasteiger partial charge is 0.334 e. The first-order valence-corrected chi connectivity index (χ1v) is 9.84. The van der Waals surface area contributed by atoms with Crippen LogP contribution in [-0.4, -0.2) is 37.6 Å². The van der Waals surface area contributed by atoms with Gasteiger partial charge in [-0.15, -0.1) is 0 Å². The first kappa shape index (κ1) is 16.4. The van der Waals surface area contributed by atoms with Gasteiger partial charge in [-0.05, 0) is 54.8 Å². The lowest BCUT2D eigenvalue weighted by Gasteiger charge is -2.22. The van der Waals surface area contributed by atoms with E-state index in [0.717, 1.165) is 40.0 Å². The Hall–Kier alpha value is -3.54. The molecule has 1 aromatic carbocycles. The Morgan fingerprint density at radius 3 is 2.79 bits per heavy atom. The number of pyridine rings is 2. The molecule has 1 unspecified atom stereocenters. The average molecular weight is 381 g/mol. The van der Waals surface area contributed by atoms with Crippen LogP contribution in [0.25, 0.3) is 16.7 Å². The summed E-state index contributed by atoms with van der Waals surface area (Å²) in [5.41, 5.74) is 5.76. The molecule has 0 bridgehead atoms. The highest BCUT2D eigenvalue weighted by Crippen LogP contribution is 2.58. The maximum atomic E-state index is 13.0. The topological polar surface area (TPSA) is 63.9 Å². The summed E-state index contributed by atoms with van der Waals surface area (Å²) in [4.78, 5) is 24.1. The summed E-state index contributed by atoms with van der Waals surface area (Å²) in [6.45, 7) is 0. The Bertz CT molecular complexity index is 1250. The second kappa shape index (κ2) is 5.98. The molecule has 0 saturated heterocycles. The number of rotatable bonds is 3. The molecule has 29 heavy (non-hydrogen) atoms. The van der Waals surface area contributed by atoms with Crippen molar-refractivity contribution in [2.75, 3.05) is 7.05 Å². The second-order valence-corrected chi connectivity index (χ2v) is 7.83.